The molecule has 0 aliphatic heterocycles. The van der Waals surface area contributed by atoms with E-state index in [1.807, 2.05) is 12.3 Å². The largest absolute Gasteiger partial charge is 0.494 e. The van der Waals surface area contributed by atoms with E-state index in [1.165, 1.54) is 11.3 Å². The van der Waals surface area contributed by atoms with Crippen LogP contribution in [0.1, 0.15) is 34.6 Å². The van der Waals surface area contributed by atoms with E-state index < -0.39 is 23.9 Å². The molecule has 4 amide bonds. The minimum atomic E-state index is -0.727. The van der Waals surface area contributed by atoms with Crippen LogP contribution in [0.3, 0.4) is 0 Å². The van der Waals surface area contributed by atoms with Gasteiger partial charge in [-0.25, -0.2) is 4.79 Å². The minimum Gasteiger partial charge on any atom is -0.494 e. The van der Waals surface area contributed by atoms with Crippen molar-refractivity contribution in [1.29, 1.82) is 0 Å². The van der Waals surface area contributed by atoms with Gasteiger partial charge in [0.25, 0.3) is 5.91 Å². The van der Waals surface area contributed by atoms with Crippen LogP contribution >= 0.6 is 11.3 Å². The van der Waals surface area contributed by atoms with Crippen LogP contribution < -0.4 is 26.6 Å². The molecular formula is C17H20N4O4S. The number of carbonyl (C=O) groups excluding carboxylic acids is 3. The molecule has 1 atom stereocenters. The molecule has 0 saturated carbocycles. The first-order valence-corrected chi connectivity index (χ1v) is 8.79. The molecule has 138 valence electrons. The maximum atomic E-state index is 12.1. The summed E-state index contributed by atoms with van der Waals surface area (Å²) in [5.74, 6) is -0.266. The van der Waals surface area contributed by atoms with Crippen molar-refractivity contribution in [2.45, 2.75) is 19.4 Å². The van der Waals surface area contributed by atoms with Gasteiger partial charge in [0.15, 0.2) is 0 Å². The number of ether oxygens (including phenoxy) is 1. The van der Waals surface area contributed by atoms with Crippen molar-refractivity contribution < 1.29 is 19.1 Å². The van der Waals surface area contributed by atoms with Gasteiger partial charge in [0.1, 0.15) is 5.75 Å². The fourth-order valence-electron chi connectivity index (χ4n) is 2.19. The first kappa shape index (κ1) is 19.3. The molecule has 1 aromatic heterocycles. The molecule has 26 heavy (non-hydrogen) atoms. The second-order valence-electron chi connectivity index (χ2n) is 5.24. The highest BCUT2D eigenvalue weighted by Crippen LogP contribution is 2.21. The summed E-state index contributed by atoms with van der Waals surface area (Å²) in [4.78, 5) is 36.0. The molecular weight excluding hydrogens is 356 g/mol. The van der Waals surface area contributed by atoms with Crippen molar-refractivity contribution in [1.82, 2.24) is 16.2 Å². The van der Waals surface area contributed by atoms with E-state index in [0.29, 0.717) is 17.9 Å². The summed E-state index contributed by atoms with van der Waals surface area (Å²) in [5, 5.41) is 4.34. The number of hydrogen-bond acceptors (Lipinski definition) is 5. The lowest BCUT2D eigenvalue weighted by Crippen LogP contribution is -2.43. The molecule has 1 aromatic carbocycles. The molecule has 2 rings (SSSR count). The number of amides is 4. The van der Waals surface area contributed by atoms with E-state index >= 15 is 0 Å². The number of nitrogens with one attached hydrogen (secondary N) is 3. The Morgan fingerprint density at radius 2 is 1.88 bits per heavy atom. The van der Waals surface area contributed by atoms with Crippen LogP contribution in [0.4, 0.5) is 4.79 Å². The van der Waals surface area contributed by atoms with Crippen molar-refractivity contribution in [2.75, 3.05) is 6.61 Å². The van der Waals surface area contributed by atoms with Gasteiger partial charge in [-0.2, -0.15) is 0 Å². The molecule has 0 aliphatic rings. The lowest BCUT2D eigenvalue weighted by atomic mass is 10.1. The van der Waals surface area contributed by atoms with Gasteiger partial charge >= 0.3 is 6.03 Å². The van der Waals surface area contributed by atoms with Gasteiger partial charge in [0, 0.05) is 10.4 Å². The van der Waals surface area contributed by atoms with Crippen LogP contribution in [0, 0.1) is 0 Å². The van der Waals surface area contributed by atoms with Crippen molar-refractivity contribution in [3.05, 3.63) is 52.2 Å². The molecule has 5 N–H and O–H groups in total. The Hall–Kier alpha value is -3.07. The molecule has 0 spiro atoms. The predicted octanol–water partition coefficient (Wildman–Crippen LogP) is 1.71. The van der Waals surface area contributed by atoms with E-state index in [1.54, 1.807) is 36.4 Å². The van der Waals surface area contributed by atoms with Gasteiger partial charge in [0.05, 0.1) is 19.1 Å². The molecule has 0 fully saturated rings. The van der Waals surface area contributed by atoms with Gasteiger partial charge in [-0.05, 0) is 42.6 Å². The van der Waals surface area contributed by atoms with Crippen molar-refractivity contribution in [2.24, 2.45) is 5.73 Å². The van der Waals surface area contributed by atoms with Crippen LogP contribution in [0.2, 0.25) is 0 Å². The van der Waals surface area contributed by atoms with Gasteiger partial charge in [-0.15, -0.1) is 11.3 Å². The minimum absolute atomic E-state index is 0.0625. The topological polar surface area (TPSA) is 123 Å². The highest BCUT2D eigenvalue weighted by atomic mass is 32.1. The molecule has 8 nitrogen and oxygen atoms in total. The third-order valence-electron chi connectivity index (χ3n) is 3.34. The maximum Gasteiger partial charge on any atom is 0.312 e. The third kappa shape index (κ3) is 5.78. The summed E-state index contributed by atoms with van der Waals surface area (Å²) in [6.45, 7) is 2.40. The summed E-state index contributed by atoms with van der Waals surface area (Å²) in [6, 6.07) is 8.83. The number of hydrazine groups is 1. The normalized spacial score (nSPS) is 11.3. The molecule has 0 bridgehead atoms. The van der Waals surface area contributed by atoms with Crippen LogP contribution in [0.5, 0.6) is 5.75 Å². The van der Waals surface area contributed by atoms with Crippen molar-refractivity contribution >= 4 is 29.2 Å². The predicted molar refractivity (Wildman–Crippen MR) is 97.6 cm³/mol. The summed E-state index contributed by atoms with van der Waals surface area (Å²) in [7, 11) is 0. The number of carbonyl (C=O) groups is 3. The molecule has 0 saturated heterocycles. The zero-order valence-corrected chi connectivity index (χ0v) is 15.0. The van der Waals surface area contributed by atoms with Crippen molar-refractivity contribution in [3.63, 3.8) is 0 Å². The van der Waals surface area contributed by atoms with E-state index in [0.717, 1.165) is 4.88 Å². The van der Waals surface area contributed by atoms with Crippen LogP contribution in [-0.2, 0) is 4.79 Å². The smallest absolute Gasteiger partial charge is 0.312 e. The Kier molecular flexibility index (Phi) is 6.98. The molecule has 9 heteroatoms. The number of hydrogen-bond donors (Lipinski definition) is 4. The number of benzene rings is 1. The van der Waals surface area contributed by atoms with Gasteiger partial charge < -0.3 is 15.8 Å². The van der Waals surface area contributed by atoms with E-state index in [4.69, 9.17) is 10.5 Å². The number of primary amides is 1. The Bertz CT molecular complexity index is 747. The van der Waals surface area contributed by atoms with E-state index in [9.17, 15) is 14.4 Å². The fraction of sp³-hybridized carbons (Fsp3) is 0.235. The van der Waals surface area contributed by atoms with E-state index in [2.05, 4.69) is 16.2 Å². The molecule has 1 unspecified atom stereocenters. The Morgan fingerprint density at radius 1 is 1.15 bits per heavy atom. The quantitative estimate of drug-likeness (QED) is 0.549. The highest BCUT2D eigenvalue weighted by Gasteiger charge is 2.19. The average molecular weight is 376 g/mol. The molecule has 0 radical (unpaired) electrons. The molecule has 1 heterocycles. The molecule has 2 aromatic rings. The van der Waals surface area contributed by atoms with Gasteiger partial charge in [0.2, 0.25) is 5.91 Å². The zero-order valence-electron chi connectivity index (χ0n) is 14.2. The first-order chi connectivity index (χ1) is 12.5. The Morgan fingerprint density at radius 3 is 2.46 bits per heavy atom. The summed E-state index contributed by atoms with van der Waals surface area (Å²) in [6.07, 6.45) is -0.0625. The number of nitrogens with two attached hydrogens (primary N) is 1. The van der Waals surface area contributed by atoms with Crippen molar-refractivity contribution in [3.8, 4) is 5.75 Å². The highest BCUT2D eigenvalue weighted by molar-refractivity contribution is 7.10. The van der Waals surface area contributed by atoms with Gasteiger partial charge in [-0.3, -0.25) is 20.4 Å². The maximum absolute atomic E-state index is 12.1. The Balaban J connectivity index is 1.88. The monoisotopic (exact) mass is 376 g/mol. The summed E-state index contributed by atoms with van der Waals surface area (Å²) in [5.41, 5.74) is 10.2. The lowest BCUT2D eigenvalue weighted by molar-refractivity contribution is -0.122. The first-order valence-electron chi connectivity index (χ1n) is 7.91. The van der Waals surface area contributed by atoms with Crippen LogP contribution in [0.25, 0.3) is 0 Å². The SMILES string of the molecule is CCOc1ccc(C(=O)NNC(=O)CC(NC(N)=O)c2cccs2)cc1. The van der Waals surface area contributed by atoms with Crippen LogP contribution in [-0.4, -0.2) is 24.5 Å². The summed E-state index contributed by atoms with van der Waals surface area (Å²) < 4.78 is 5.30. The zero-order chi connectivity index (χ0) is 18.9. The van der Waals surface area contributed by atoms with Gasteiger partial charge in [-0.1, -0.05) is 6.07 Å². The number of thiophene rings is 1. The molecule has 0 aliphatic carbocycles. The number of rotatable bonds is 7. The Labute approximate surface area is 154 Å². The van der Waals surface area contributed by atoms with Crippen LogP contribution in [0.15, 0.2) is 41.8 Å². The third-order valence-corrected chi connectivity index (χ3v) is 4.32. The fourth-order valence-corrected chi connectivity index (χ4v) is 2.97. The van der Waals surface area contributed by atoms with E-state index in [-0.39, 0.29) is 6.42 Å². The summed E-state index contributed by atoms with van der Waals surface area (Å²) >= 11 is 1.39. The second kappa shape index (κ2) is 9.42. The average Bonchev–Trinajstić information content (AvgIpc) is 3.14. The number of urea groups is 1. The standard InChI is InChI=1S/C17H20N4O4S/c1-2-25-12-7-5-11(6-8-12)16(23)21-20-15(22)10-13(19-17(18)24)14-4-3-9-26-14/h3-9,13H,2,10H2,1H3,(H,20,22)(H,21,23)(H3,18,19,24). The second-order valence-corrected chi connectivity index (χ2v) is 6.22. The lowest BCUT2D eigenvalue weighted by Gasteiger charge is -2.16.